The molecular formula is C20H27N5S. The molecular weight excluding hydrogens is 342 g/mol. The van der Waals surface area contributed by atoms with Crippen molar-refractivity contribution in [3.63, 3.8) is 0 Å². The predicted molar refractivity (Wildman–Crippen MR) is 111 cm³/mol. The molecule has 26 heavy (non-hydrogen) atoms. The summed E-state index contributed by atoms with van der Waals surface area (Å²) in [5.41, 5.74) is 3.64. The Kier molecular flexibility index (Phi) is 6.66. The molecule has 0 bridgehead atoms. The minimum atomic E-state index is 0.807. The molecule has 3 rings (SSSR count). The van der Waals surface area contributed by atoms with E-state index in [-0.39, 0.29) is 0 Å². The summed E-state index contributed by atoms with van der Waals surface area (Å²) >= 11 is 1.74. The van der Waals surface area contributed by atoms with Gasteiger partial charge < -0.3 is 15.6 Å². The van der Waals surface area contributed by atoms with Gasteiger partial charge in [0.15, 0.2) is 5.96 Å². The summed E-state index contributed by atoms with van der Waals surface area (Å²) in [7, 11) is 0. The SMILES string of the molecule is CCNC(=NCCCc1nc(C)cs1)NCCc1c[nH]c2ccccc12. The van der Waals surface area contributed by atoms with Gasteiger partial charge in [0.1, 0.15) is 0 Å². The Balaban J connectivity index is 1.46. The zero-order chi connectivity index (χ0) is 18.2. The van der Waals surface area contributed by atoms with Crippen molar-refractivity contribution in [2.75, 3.05) is 19.6 Å². The van der Waals surface area contributed by atoms with Gasteiger partial charge >= 0.3 is 0 Å². The first-order valence-corrected chi connectivity index (χ1v) is 10.1. The van der Waals surface area contributed by atoms with Gasteiger partial charge in [0.2, 0.25) is 0 Å². The van der Waals surface area contributed by atoms with Gasteiger partial charge in [-0.05, 0) is 38.3 Å². The Hall–Kier alpha value is -2.34. The third-order valence-electron chi connectivity index (χ3n) is 4.19. The van der Waals surface area contributed by atoms with Gasteiger partial charge in [-0.1, -0.05) is 18.2 Å². The topological polar surface area (TPSA) is 65.1 Å². The van der Waals surface area contributed by atoms with E-state index in [1.807, 2.05) is 6.92 Å². The van der Waals surface area contributed by atoms with E-state index in [0.717, 1.165) is 50.6 Å². The number of para-hydroxylation sites is 1. The lowest BCUT2D eigenvalue weighted by Crippen LogP contribution is -2.38. The van der Waals surface area contributed by atoms with E-state index in [4.69, 9.17) is 0 Å². The molecule has 0 saturated heterocycles. The first-order valence-electron chi connectivity index (χ1n) is 9.24. The monoisotopic (exact) mass is 369 g/mol. The molecule has 0 amide bonds. The largest absolute Gasteiger partial charge is 0.361 e. The lowest BCUT2D eigenvalue weighted by Gasteiger charge is -2.11. The molecule has 0 fully saturated rings. The number of H-pyrrole nitrogens is 1. The standard InChI is InChI=1S/C20H27N5S/c1-3-21-20(22-11-6-9-19-25-15(2)14-26-19)23-12-10-16-13-24-18-8-5-4-7-17(16)18/h4-5,7-8,13-14,24H,3,6,9-12H2,1-2H3,(H2,21,22,23). The highest BCUT2D eigenvalue weighted by Crippen LogP contribution is 2.17. The van der Waals surface area contributed by atoms with Crippen LogP contribution in [0.5, 0.6) is 0 Å². The zero-order valence-corrected chi connectivity index (χ0v) is 16.3. The number of aliphatic imine (C=N–C) groups is 1. The second kappa shape index (κ2) is 9.38. The molecule has 138 valence electrons. The highest BCUT2D eigenvalue weighted by Gasteiger charge is 2.04. The van der Waals surface area contributed by atoms with E-state index in [2.05, 4.69) is 68.4 Å². The summed E-state index contributed by atoms with van der Waals surface area (Å²) in [6.45, 7) is 6.67. The summed E-state index contributed by atoms with van der Waals surface area (Å²) in [5, 5.41) is 11.4. The molecule has 0 aliphatic rings. The minimum absolute atomic E-state index is 0.807. The summed E-state index contributed by atoms with van der Waals surface area (Å²) in [6.07, 6.45) is 5.09. The first-order chi connectivity index (χ1) is 12.8. The van der Waals surface area contributed by atoms with Crippen LogP contribution in [0.4, 0.5) is 0 Å². The highest BCUT2D eigenvalue weighted by atomic mass is 32.1. The smallest absolute Gasteiger partial charge is 0.191 e. The maximum absolute atomic E-state index is 4.68. The maximum Gasteiger partial charge on any atom is 0.191 e. The van der Waals surface area contributed by atoms with Crippen molar-refractivity contribution in [1.82, 2.24) is 20.6 Å². The quantitative estimate of drug-likeness (QED) is 0.322. The van der Waals surface area contributed by atoms with Crippen molar-refractivity contribution in [2.24, 2.45) is 4.99 Å². The van der Waals surface area contributed by atoms with Gasteiger partial charge in [-0.25, -0.2) is 4.98 Å². The van der Waals surface area contributed by atoms with Crippen molar-refractivity contribution in [3.05, 3.63) is 52.1 Å². The Morgan fingerprint density at radius 3 is 2.92 bits per heavy atom. The average molecular weight is 370 g/mol. The van der Waals surface area contributed by atoms with Crippen LogP contribution in [0.1, 0.15) is 29.6 Å². The molecule has 2 heterocycles. The van der Waals surface area contributed by atoms with Crippen LogP contribution in [0.3, 0.4) is 0 Å². The molecule has 0 unspecified atom stereocenters. The Morgan fingerprint density at radius 1 is 1.23 bits per heavy atom. The van der Waals surface area contributed by atoms with Gasteiger partial charge in [-0.15, -0.1) is 11.3 Å². The number of aryl methyl sites for hydroxylation is 2. The fourth-order valence-corrected chi connectivity index (χ4v) is 3.75. The van der Waals surface area contributed by atoms with E-state index >= 15 is 0 Å². The van der Waals surface area contributed by atoms with E-state index in [0.29, 0.717) is 0 Å². The van der Waals surface area contributed by atoms with Crippen molar-refractivity contribution in [1.29, 1.82) is 0 Å². The van der Waals surface area contributed by atoms with E-state index in [1.54, 1.807) is 11.3 Å². The van der Waals surface area contributed by atoms with Crippen LogP contribution >= 0.6 is 11.3 Å². The number of hydrogen-bond donors (Lipinski definition) is 3. The number of aromatic nitrogens is 2. The first kappa shape index (κ1) is 18.5. The molecule has 2 aromatic heterocycles. The summed E-state index contributed by atoms with van der Waals surface area (Å²) < 4.78 is 0. The molecule has 1 aromatic carbocycles. The van der Waals surface area contributed by atoms with Gasteiger partial charge in [0.05, 0.1) is 5.01 Å². The molecule has 0 radical (unpaired) electrons. The fraction of sp³-hybridized carbons (Fsp3) is 0.400. The van der Waals surface area contributed by atoms with Crippen LogP contribution in [0.15, 0.2) is 40.8 Å². The third-order valence-corrected chi connectivity index (χ3v) is 5.22. The molecule has 6 heteroatoms. The number of nitrogens with zero attached hydrogens (tertiary/aromatic N) is 2. The molecule has 0 saturated carbocycles. The highest BCUT2D eigenvalue weighted by molar-refractivity contribution is 7.09. The lowest BCUT2D eigenvalue weighted by atomic mass is 10.1. The number of rotatable bonds is 8. The zero-order valence-electron chi connectivity index (χ0n) is 15.5. The van der Waals surface area contributed by atoms with Crippen LogP contribution in [0.2, 0.25) is 0 Å². The van der Waals surface area contributed by atoms with E-state index in [9.17, 15) is 0 Å². The van der Waals surface area contributed by atoms with Crippen molar-refractivity contribution in [2.45, 2.75) is 33.1 Å². The second-order valence-corrected chi connectivity index (χ2v) is 7.23. The number of hydrogen-bond acceptors (Lipinski definition) is 3. The minimum Gasteiger partial charge on any atom is -0.361 e. The summed E-state index contributed by atoms with van der Waals surface area (Å²) in [4.78, 5) is 12.5. The molecule has 0 spiro atoms. The van der Waals surface area contributed by atoms with Crippen molar-refractivity contribution in [3.8, 4) is 0 Å². The lowest BCUT2D eigenvalue weighted by molar-refractivity contribution is 0.775. The molecule has 5 nitrogen and oxygen atoms in total. The van der Waals surface area contributed by atoms with E-state index in [1.165, 1.54) is 21.5 Å². The Morgan fingerprint density at radius 2 is 2.12 bits per heavy atom. The number of fused-ring (bicyclic) bond motifs is 1. The number of guanidine groups is 1. The van der Waals surface area contributed by atoms with Gasteiger partial charge in [0, 0.05) is 54.2 Å². The van der Waals surface area contributed by atoms with Crippen LogP contribution < -0.4 is 10.6 Å². The summed E-state index contributed by atoms with van der Waals surface area (Å²) in [6, 6.07) is 8.43. The van der Waals surface area contributed by atoms with Crippen molar-refractivity contribution >= 4 is 28.2 Å². The Bertz CT molecular complexity index is 849. The molecule has 3 aromatic rings. The number of nitrogens with one attached hydrogen (secondary N) is 3. The molecule has 3 N–H and O–H groups in total. The number of benzene rings is 1. The maximum atomic E-state index is 4.68. The van der Waals surface area contributed by atoms with Crippen LogP contribution in [0.25, 0.3) is 10.9 Å². The van der Waals surface area contributed by atoms with Gasteiger partial charge in [-0.3, -0.25) is 4.99 Å². The van der Waals surface area contributed by atoms with Crippen molar-refractivity contribution < 1.29 is 0 Å². The predicted octanol–water partition coefficient (Wildman–Crippen LogP) is 3.66. The van der Waals surface area contributed by atoms with Crippen LogP contribution in [0, 0.1) is 6.92 Å². The second-order valence-electron chi connectivity index (χ2n) is 6.28. The number of aromatic amines is 1. The summed E-state index contributed by atoms with van der Waals surface area (Å²) in [5.74, 6) is 0.891. The average Bonchev–Trinajstić information content (AvgIpc) is 3.25. The fourth-order valence-electron chi connectivity index (χ4n) is 2.93. The van der Waals surface area contributed by atoms with Crippen LogP contribution in [-0.4, -0.2) is 35.6 Å². The van der Waals surface area contributed by atoms with Gasteiger partial charge in [-0.2, -0.15) is 0 Å². The Labute approximate surface area is 159 Å². The normalized spacial score (nSPS) is 11.8. The third kappa shape index (κ3) is 5.08. The molecule has 0 aliphatic carbocycles. The van der Waals surface area contributed by atoms with Gasteiger partial charge in [0.25, 0.3) is 0 Å². The molecule has 0 aliphatic heterocycles. The van der Waals surface area contributed by atoms with Crippen LogP contribution in [-0.2, 0) is 12.8 Å². The number of thiazole rings is 1. The molecule has 0 atom stereocenters. The van der Waals surface area contributed by atoms with E-state index < -0.39 is 0 Å².